The van der Waals surface area contributed by atoms with Crippen LogP contribution in [0.4, 0.5) is 19.2 Å². The van der Waals surface area contributed by atoms with Crippen LogP contribution in [0.3, 0.4) is 0 Å². The highest BCUT2D eigenvalue weighted by Gasteiger charge is 2.38. The number of aromatic nitrogens is 8. The molecule has 6 heterocycles. The molecule has 0 fully saturated rings. The maximum atomic E-state index is 13.6. The van der Waals surface area contributed by atoms with Gasteiger partial charge in [-0.25, -0.2) is 14.5 Å². The Bertz CT molecular complexity index is 1440. The van der Waals surface area contributed by atoms with Gasteiger partial charge in [-0.15, -0.1) is 5.10 Å². The monoisotopic (exact) mass is 453 g/mol. The molecule has 1 aliphatic rings. The SMILES string of the molecule is FC(F)(F)c1cccn2nc(C3c4nc[nH]c4CCN3c3nnc(-c4cnccn4)o3)cc12. The van der Waals surface area contributed by atoms with Crippen molar-refractivity contribution in [3.05, 3.63) is 72.0 Å². The van der Waals surface area contributed by atoms with Gasteiger partial charge < -0.3 is 14.3 Å². The molecule has 0 amide bonds. The molecule has 1 N–H and O–H groups in total. The van der Waals surface area contributed by atoms with Crippen molar-refractivity contribution < 1.29 is 17.6 Å². The van der Waals surface area contributed by atoms with Crippen LogP contribution in [0, 0.1) is 0 Å². The van der Waals surface area contributed by atoms with Gasteiger partial charge in [0.15, 0.2) is 0 Å². The predicted octanol–water partition coefficient (Wildman–Crippen LogP) is 3.07. The van der Waals surface area contributed by atoms with Crippen molar-refractivity contribution in [1.82, 2.24) is 39.7 Å². The van der Waals surface area contributed by atoms with Crippen molar-refractivity contribution in [3.63, 3.8) is 0 Å². The van der Waals surface area contributed by atoms with E-state index in [1.807, 2.05) is 0 Å². The molecule has 5 aromatic rings. The predicted molar refractivity (Wildman–Crippen MR) is 107 cm³/mol. The van der Waals surface area contributed by atoms with Crippen LogP contribution < -0.4 is 4.90 Å². The summed E-state index contributed by atoms with van der Waals surface area (Å²) in [6.07, 6.45) is 3.66. The molecule has 0 aliphatic carbocycles. The van der Waals surface area contributed by atoms with Crippen molar-refractivity contribution >= 4 is 11.5 Å². The summed E-state index contributed by atoms with van der Waals surface area (Å²) in [5.74, 6) is 0.180. The number of nitrogens with one attached hydrogen (secondary N) is 1. The molecule has 13 heteroatoms. The number of imidazole rings is 1. The number of hydrogen-bond acceptors (Lipinski definition) is 8. The van der Waals surface area contributed by atoms with E-state index in [-0.39, 0.29) is 17.4 Å². The lowest BCUT2D eigenvalue weighted by Crippen LogP contribution is -2.36. The molecule has 6 rings (SSSR count). The normalized spacial score (nSPS) is 16.3. The maximum absolute atomic E-state index is 13.6. The molecule has 5 aromatic heterocycles. The zero-order chi connectivity index (χ0) is 22.6. The third-order valence-electron chi connectivity index (χ3n) is 5.47. The molecule has 1 aliphatic heterocycles. The van der Waals surface area contributed by atoms with Gasteiger partial charge in [-0.2, -0.15) is 18.3 Å². The highest BCUT2D eigenvalue weighted by molar-refractivity contribution is 5.59. The molecule has 0 radical (unpaired) electrons. The van der Waals surface area contributed by atoms with Crippen molar-refractivity contribution in [2.75, 3.05) is 11.4 Å². The van der Waals surface area contributed by atoms with Crippen LogP contribution >= 0.6 is 0 Å². The Hall–Kier alpha value is -4.29. The molecule has 10 nitrogen and oxygen atoms in total. The number of rotatable bonds is 3. The molecular formula is C20H14F3N9O. The molecule has 0 saturated carbocycles. The average Bonchev–Trinajstić information content (AvgIpc) is 3.56. The first kappa shape index (κ1) is 19.4. The topological polar surface area (TPSA) is 114 Å². The lowest BCUT2D eigenvalue weighted by molar-refractivity contribution is -0.136. The van der Waals surface area contributed by atoms with E-state index in [1.165, 1.54) is 41.4 Å². The number of anilines is 1. The van der Waals surface area contributed by atoms with Gasteiger partial charge in [0.05, 0.1) is 35.0 Å². The van der Waals surface area contributed by atoms with Crippen LogP contribution in [-0.4, -0.2) is 46.3 Å². The summed E-state index contributed by atoms with van der Waals surface area (Å²) >= 11 is 0. The number of H-pyrrole nitrogens is 1. The van der Waals surface area contributed by atoms with Crippen LogP contribution in [0.25, 0.3) is 17.1 Å². The molecule has 0 aromatic carbocycles. The molecular weight excluding hydrogens is 439 g/mol. The summed E-state index contributed by atoms with van der Waals surface area (Å²) in [5.41, 5.74) is 1.48. The van der Waals surface area contributed by atoms with Gasteiger partial charge in [0.2, 0.25) is 0 Å². The molecule has 0 spiro atoms. The first-order valence-corrected chi connectivity index (χ1v) is 9.93. The number of hydrogen-bond donors (Lipinski definition) is 1. The smallest absolute Gasteiger partial charge is 0.401 e. The zero-order valence-corrected chi connectivity index (χ0v) is 16.7. The minimum atomic E-state index is -4.51. The fourth-order valence-corrected chi connectivity index (χ4v) is 4.03. The van der Waals surface area contributed by atoms with E-state index >= 15 is 0 Å². The summed E-state index contributed by atoms with van der Waals surface area (Å²) in [4.78, 5) is 17.4. The summed E-state index contributed by atoms with van der Waals surface area (Å²) in [5, 5.41) is 12.6. The third-order valence-corrected chi connectivity index (χ3v) is 5.47. The number of fused-ring (bicyclic) bond motifs is 2. The van der Waals surface area contributed by atoms with E-state index in [1.54, 1.807) is 11.2 Å². The highest BCUT2D eigenvalue weighted by atomic mass is 19.4. The number of nitrogens with zero attached hydrogens (tertiary/aromatic N) is 8. The van der Waals surface area contributed by atoms with E-state index in [0.717, 1.165) is 11.8 Å². The molecule has 0 saturated heterocycles. The first-order valence-electron chi connectivity index (χ1n) is 9.93. The Kier molecular flexibility index (Phi) is 4.18. The van der Waals surface area contributed by atoms with Crippen LogP contribution in [0.15, 0.2) is 53.7 Å². The fourth-order valence-electron chi connectivity index (χ4n) is 4.03. The van der Waals surface area contributed by atoms with Crippen molar-refractivity contribution in [1.29, 1.82) is 0 Å². The van der Waals surface area contributed by atoms with Gasteiger partial charge >= 0.3 is 12.2 Å². The van der Waals surface area contributed by atoms with Gasteiger partial charge in [-0.1, -0.05) is 5.10 Å². The Morgan fingerprint density at radius 1 is 1.15 bits per heavy atom. The van der Waals surface area contributed by atoms with Crippen molar-refractivity contribution in [2.24, 2.45) is 0 Å². The van der Waals surface area contributed by atoms with E-state index in [0.29, 0.717) is 30.0 Å². The second-order valence-corrected chi connectivity index (χ2v) is 7.41. The number of halogens is 3. The summed E-state index contributed by atoms with van der Waals surface area (Å²) in [7, 11) is 0. The van der Waals surface area contributed by atoms with Gasteiger partial charge in [-0.05, 0) is 18.2 Å². The van der Waals surface area contributed by atoms with Crippen LogP contribution in [0.5, 0.6) is 0 Å². The standard InChI is InChI=1S/C20H14F3N9O/c21-20(22,23)11-2-1-6-32-15(11)8-13(30-32)17-16-12(26-10-27-16)3-7-31(17)19-29-28-18(33-19)14-9-24-4-5-25-14/h1-2,4-6,8-10,17H,3,7H2,(H,26,27). The summed E-state index contributed by atoms with van der Waals surface area (Å²) < 4.78 is 47.7. The molecule has 33 heavy (non-hydrogen) atoms. The largest absolute Gasteiger partial charge is 0.418 e. The molecule has 0 bridgehead atoms. The Labute approximate surface area is 183 Å². The Morgan fingerprint density at radius 3 is 2.88 bits per heavy atom. The van der Waals surface area contributed by atoms with E-state index in [4.69, 9.17) is 4.42 Å². The first-order chi connectivity index (χ1) is 16.0. The van der Waals surface area contributed by atoms with Crippen molar-refractivity contribution in [2.45, 2.75) is 18.6 Å². The Balaban J connectivity index is 1.47. The number of aromatic amines is 1. The Morgan fingerprint density at radius 2 is 2.06 bits per heavy atom. The van der Waals surface area contributed by atoms with Gasteiger partial charge in [-0.3, -0.25) is 4.98 Å². The van der Waals surface area contributed by atoms with Crippen LogP contribution in [0.2, 0.25) is 0 Å². The van der Waals surface area contributed by atoms with Crippen LogP contribution in [-0.2, 0) is 12.6 Å². The van der Waals surface area contributed by atoms with Crippen LogP contribution in [0.1, 0.15) is 28.7 Å². The quantitative estimate of drug-likeness (QED) is 0.443. The number of pyridine rings is 1. The molecule has 166 valence electrons. The van der Waals surface area contributed by atoms with Crippen molar-refractivity contribution in [3.8, 4) is 11.6 Å². The third kappa shape index (κ3) is 3.20. The second kappa shape index (κ2) is 7.12. The van der Waals surface area contributed by atoms with E-state index in [9.17, 15) is 13.2 Å². The highest BCUT2D eigenvalue weighted by Crippen LogP contribution is 2.38. The van der Waals surface area contributed by atoms with E-state index in [2.05, 4.69) is 35.2 Å². The number of alkyl halides is 3. The van der Waals surface area contributed by atoms with Gasteiger partial charge in [0.25, 0.3) is 5.89 Å². The molecule has 1 unspecified atom stereocenters. The minimum absolute atomic E-state index is 0.0478. The van der Waals surface area contributed by atoms with E-state index < -0.39 is 17.8 Å². The summed E-state index contributed by atoms with van der Waals surface area (Å²) in [6, 6.07) is 3.32. The van der Waals surface area contributed by atoms with Gasteiger partial charge in [0, 0.05) is 37.3 Å². The lowest BCUT2D eigenvalue weighted by Gasteiger charge is -2.32. The second-order valence-electron chi connectivity index (χ2n) is 7.41. The molecule has 1 atom stereocenters. The minimum Gasteiger partial charge on any atom is -0.401 e. The zero-order valence-electron chi connectivity index (χ0n) is 16.7. The average molecular weight is 453 g/mol. The lowest BCUT2D eigenvalue weighted by atomic mass is 10.00. The summed E-state index contributed by atoms with van der Waals surface area (Å²) in [6.45, 7) is 0.460. The fraction of sp³-hybridized carbons (Fsp3) is 0.200. The van der Waals surface area contributed by atoms with Gasteiger partial charge in [0.1, 0.15) is 11.7 Å². The maximum Gasteiger partial charge on any atom is 0.418 e.